The van der Waals surface area contributed by atoms with Crippen molar-refractivity contribution in [2.75, 3.05) is 0 Å². The van der Waals surface area contributed by atoms with Crippen molar-refractivity contribution in [3.63, 3.8) is 0 Å². The molecule has 1 N–H and O–H groups in total. The average Bonchev–Trinajstić information content (AvgIpc) is 2.95. The van der Waals surface area contributed by atoms with Gasteiger partial charge in [0.2, 0.25) is 0 Å². The summed E-state index contributed by atoms with van der Waals surface area (Å²) in [5.41, 5.74) is 0. The number of nitrogens with zero attached hydrogens (tertiary/aromatic N) is 1. The zero-order valence-electron chi connectivity index (χ0n) is 9.81. The van der Waals surface area contributed by atoms with Crippen LogP contribution in [-0.2, 0) is 9.59 Å². The molecule has 4 nitrogen and oxygen atoms in total. The van der Waals surface area contributed by atoms with E-state index < -0.39 is 4.75 Å². The van der Waals surface area contributed by atoms with E-state index in [-0.39, 0.29) is 5.91 Å². The van der Waals surface area contributed by atoms with Crippen LogP contribution in [0.3, 0.4) is 0 Å². The Bertz CT molecular complexity index is 409. The third kappa shape index (κ3) is 1.80. The molecule has 2 bridgehead atoms. The number of fused-ring (bicyclic) bond motifs is 2. The van der Waals surface area contributed by atoms with Crippen molar-refractivity contribution in [1.29, 1.82) is 0 Å². The molecule has 0 aromatic rings. The SMILES string of the molecule is C[C@]1(C=O)SC(N[C@H]2C[C@@H]3CC[C@H]2C3)=NC1=O. The largest absolute Gasteiger partial charge is 0.361 e. The summed E-state index contributed by atoms with van der Waals surface area (Å²) in [6.45, 7) is 1.63. The molecule has 0 aromatic carbocycles. The highest BCUT2D eigenvalue weighted by atomic mass is 32.2. The van der Waals surface area contributed by atoms with E-state index in [2.05, 4.69) is 10.3 Å². The Hall–Kier alpha value is -0.840. The zero-order chi connectivity index (χ0) is 12.0. The molecule has 4 atom stereocenters. The smallest absolute Gasteiger partial charge is 0.271 e. The Kier molecular flexibility index (Phi) is 2.54. The van der Waals surface area contributed by atoms with Gasteiger partial charge in [0.1, 0.15) is 6.29 Å². The molecule has 17 heavy (non-hydrogen) atoms. The zero-order valence-corrected chi connectivity index (χ0v) is 10.6. The third-order valence-corrected chi connectivity index (χ3v) is 5.31. The number of carbonyl (C=O) groups excluding carboxylic acids is 2. The van der Waals surface area contributed by atoms with E-state index >= 15 is 0 Å². The number of amidine groups is 1. The van der Waals surface area contributed by atoms with Crippen LogP contribution in [0.15, 0.2) is 4.99 Å². The van der Waals surface area contributed by atoms with Gasteiger partial charge < -0.3 is 10.1 Å². The van der Waals surface area contributed by atoms with Crippen molar-refractivity contribution < 1.29 is 9.59 Å². The number of rotatable bonds is 2. The Balaban J connectivity index is 1.66. The van der Waals surface area contributed by atoms with Crippen molar-refractivity contribution in [1.82, 2.24) is 5.32 Å². The van der Waals surface area contributed by atoms with Gasteiger partial charge in [-0.15, -0.1) is 0 Å². The lowest BCUT2D eigenvalue weighted by molar-refractivity contribution is -0.123. The second-order valence-corrected chi connectivity index (χ2v) is 6.91. The number of thioether (sulfide) groups is 1. The molecule has 0 radical (unpaired) electrons. The number of hydrogen-bond acceptors (Lipinski definition) is 4. The lowest BCUT2D eigenvalue weighted by atomic mass is 9.96. The molecule has 2 aliphatic carbocycles. The van der Waals surface area contributed by atoms with Crippen LogP contribution < -0.4 is 5.32 Å². The summed E-state index contributed by atoms with van der Waals surface area (Å²) < 4.78 is -1.00. The predicted octanol–water partition coefficient (Wildman–Crippen LogP) is 1.35. The minimum absolute atomic E-state index is 0.330. The van der Waals surface area contributed by atoms with E-state index in [1.807, 2.05) is 0 Å². The lowest BCUT2D eigenvalue weighted by Crippen LogP contribution is -2.37. The van der Waals surface area contributed by atoms with Crippen molar-refractivity contribution in [3.05, 3.63) is 0 Å². The minimum Gasteiger partial charge on any atom is -0.361 e. The molecule has 0 spiro atoms. The summed E-state index contributed by atoms with van der Waals surface area (Å²) in [7, 11) is 0. The van der Waals surface area contributed by atoms with Crippen molar-refractivity contribution in [2.24, 2.45) is 16.8 Å². The van der Waals surface area contributed by atoms with Gasteiger partial charge in [-0.1, -0.05) is 18.2 Å². The molecule has 1 heterocycles. The summed E-state index contributed by atoms with van der Waals surface area (Å²) >= 11 is 1.26. The van der Waals surface area contributed by atoms with Gasteiger partial charge in [0.15, 0.2) is 9.91 Å². The number of amides is 1. The molecule has 3 rings (SSSR count). The molecule has 0 saturated heterocycles. The minimum atomic E-state index is -1.00. The van der Waals surface area contributed by atoms with Crippen LogP contribution in [0.1, 0.15) is 32.6 Å². The van der Waals surface area contributed by atoms with Crippen molar-refractivity contribution >= 4 is 29.1 Å². The molecule has 2 saturated carbocycles. The summed E-state index contributed by atoms with van der Waals surface area (Å²) in [5.74, 6) is 1.27. The van der Waals surface area contributed by atoms with Gasteiger partial charge in [0.05, 0.1) is 0 Å². The monoisotopic (exact) mass is 252 g/mol. The van der Waals surface area contributed by atoms with E-state index in [1.54, 1.807) is 6.92 Å². The maximum Gasteiger partial charge on any atom is 0.271 e. The Morgan fingerprint density at radius 3 is 2.82 bits per heavy atom. The highest BCUT2D eigenvalue weighted by molar-refractivity contribution is 8.16. The number of aldehydes is 1. The first-order valence-corrected chi connectivity index (χ1v) is 6.97. The fourth-order valence-electron chi connectivity index (χ4n) is 3.19. The molecule has 0 aromatic heterocycles. The molecule has 0 unspecified atom stereocenters. The molecular formula is C12H16N2O2S. The van der Waals surface area contributed by atoms with Crippen LogP contribution in [0.25, 0.3) is 0 Å². The van der Waals surface area contributed by atoms with Gasteiger partial charge in [-0.2, -0.15) is 4.99 Å². The van der Waals surface area contributed by atoms with E-state index in [0.29, 0.717) is 17.5 Å². The van der Waals surface area contributed by atoms with Crippen LogP contribution in [0.4, 0.5) is 0 Å². The standard InChI is InChI=1S/C12H16N2O2S/c1-12(6-15)10(16)14-11(17-12)13-9-5-7-2-3-8(9)4-7/h6-9H,2-5H2,1H3,(H,13,14,16)/t7-,8+,9+,12-/m1/s1. The molecule has 1 aliphatic heterocycles. The van der Waals surface area contributed by atoms with Crippen LogP contribution in [-0.4, -0.2) is 28.1 Å². The number of nitrogens with one attached hydrogen (secondary N) is 1. The van der Waals surface area contributed by atoms with E-state index in [9.17, 15) is 9.59 Å². The second kappa shape index (κ2) is 3.83. The molecule has 5 heteroatoms. The first-order chi connectivity index (χ1) is 8.10. The number of hydrogen-bond donors (Lipinski definition) is 1. The quantitative estimate of drug-likeness (QED) is 0.595. The Labute approximate surface area is 105 Å². The lowest BCUT2D eigenvalue weighted by Gasteiger charge is -2.23. The molecule has 92 valence electrons. The topological polar surface area (TPSA) is 58.5 Å². The van der Waals surface area contributed by atoms with Crippen LogP contribution >= 0.6 is 11.8 Å². The highest BCUT2D eigenvalue weighted by Crippen LogP contribution is 2.45. The summed E-state index contributed by atoms with van der Waals surface area (Å²) in [5, 5.41) is 4.00. The first-order valence-electron chi connectivity index (χ1n) is 6.16. The van der Waals surface area contributed by atoms with Gasteiger partial charge in [0.25, 0.3) is 5.91 Å². The highest BCUT2D eigenvalue weighted by Gasteiger charge is 2.44. The molecule has 2 fully saturated rings. The van der Waals surface area contributed by atoms with Crippen LogP contribution in [0.2, 0.25) is 0 Å². The average molecular weight is 252 g/mol. The predicted molar refractivity (Wildman–Crippen MR) is 66.9 cm³/mol. The third-order valence-electron chi connectivity index (χ3n) is 4.21. The number of carbonyl (C=O) groups is 2. The molecule has 3 aliphatic rings. The van der Waals surface area contributed by atoms with Crippen LogP contribution in [0.5, 0.6) is 0 Å². The summed E-state index contributed by atoms with van der Waals surface area (Å²) in [6, 6.07) is 0.460. The van der Waals surface area contributed by atoms with Crippen LogP contribution in [0, 0.1) is 11.8 Å². The van der Waals surface area contributed by atoms with Gasteiger partial charge in [0, 0.05) is 6.04 Å². The van der Waals surface area contributed by atoms with Gasteiger partial charge in [-0.05, 0) is 38.0 Å². The van der Waals surface area contributed by atoms with Gasteiger partial charge >= 0.3 is 0 Å². The fraction of sp³-hybridized carbons (Fsp3) is 0.750. The van der Waals surface area contributed by atoms with E-state index in [0.717, 1.165) is 11.8 Å². The Morgan fingerprint density at radius 2 is 2.29 bits per heavy atom. The van der Waals surface area contributed by atoms with Gasteiger partial charge in [-0.3, -0.25) is 4.79 Å². The van der Waals surface area contributed by atoms with Crippen molar-refractivity contribution in [3.8, 4) is 0 Å². The maximum atomic E-state index is 11.6. The number of aliphatic imine (C=N–C) groups is 1. The van der Waals surface area contributed by atoms with Gasteiger partial charge in [-0.25, -0.2) is 0 Å². The second-order valence-electron chi connectivity index (χ2n) is 5.47. The first kappa shape index (κ1) is 11.3. The Morgan fingerprint density at radius 1 is 1.47 bits per heavy atom. The fourth-order valence-corrected chi connectivity index (χ4v) is 4.11. The summed E-state index contributed by atoms with van der Waals surface area (Å²) in [6.07, 6.45) is 5.84. The van der Waals surface area contributed by atoms with Crippen molar-refractivity contribution in [2.45, 2.75) is 43.4 Å². The summed E-state index contributed by atoms with van der Waals surface area (Å²) in [4.78, 5) is 26.5. The van der Waals surface area contributed by atoms with E-state index in [4.69, 9.17) is 0 Å². The normalized spacial score (nSPS) is 43.9. The maximum absolute atomic E-state index is 11.6. The molecule has 1 amide bonds. The molecular weight excluding hydrogens is 236 g/mol. The van der Waals surface area contributed by atoms with E-state index in [1.165, 1.54) is 37.4 Å².